The Morgan fingerprint density at radius 3 is 2.56 bits per heavy atom. The zero-order chi connectivity index (χ0) is 12.1. The summed E-state index contributed by atoms with van der Waals surface area (Å²) in [6, 6.07) is 6.45. The molecule has 1 amide bonds. The second kappa shape index (κ2) is 5.68. The van der Waals surface area contributed by atoms with E-state index in [1.54, 1.807) is 18.2 Å². The van der Waals surface area contributed by atoms with Crippen molar-refractivity contribution in [2.45, 2.75) is 13.8 Å². The Morgan fingerprint density at radius 1 is 1.38 bits per heavy atom. The van der Waals surface area contributed by atoms with Crippen LogP contribution in [0.25, 0.3) is 0 Å². The molecular formula is C11H16BNO3. The molecule has 0 aliphatic rings. The molecule has 0 atom stereocenters. The number of amides is 1. The van der Waals surface area contributed by atoms with Gasteiger partial charge >= 0.3 is 7.12 Å². The van der Waals surface area contributed by atoms with E-state index in [4.69, 9.17) is 10.0 Å². The summed E-state index contributed by atoms with van der Waals surface area (Å²) in [7, 11) is -1.62. The van der Waals surface area contributed by atoms with Crippen LogP contribution in [0.15, 0.2) is 24.3 Å². The Bertz CT molecular complexity index is 366. The maximum Gasteiger partial charge on any atom is 0.489 e. The van der Waals surface area contributed by atoms with E-state index >= 15 is 0 Å². The molecule has 0 unspecified atom stereocenters. The van der Waals surface area contributed by atoms with Crippen molar-refractivity contribution < 1.29 is 14.8 Å². The number of nitrogens with one attached hydrogen (secondary N) is 1. The highest BCUT2D eigenvalue weighted by atomic mass is 16.4. The maximum absolute atomic E-state index is 11.7. The van der Waals surface area contributed by atoms with Gasteiger partial charge in [-0.2, -0.15) is 0 Å². The fourth-order valence-corrected chi connectivity index (χ4v) is 1.32. The predicted octanol–water partition coefficient (Wildman–Crippen LogP) is -0.248. The second-order valence-corrected chi connectivity index (χ2v) is 4.06. The van der Waals surface area contributed by atoms with Gasteiger partial charge in [-0.05, 0) is 17.4 Å². The summed E-state index contributed by atoms with van der Waals surface area (Å²) >= 11 is 0. The molecule has 0 heterocycles. The molecule has 1 aromatic rings. The number of rotatable bonds is 4. The lowest BCUT2D eigenvalue weighted by Crippen LogP contribution is -2.38. The number of carbonyl (C=O) groups is 1. The van der Waals surface area contributed by atoms with E-state index in [9.17, 15) is 4.79 Å². The lowest BCUT2D eigenvalue weighted by Gasteiger charge is -2.10. The molecule has 0 fully saturated rings. The molecular weight excluding hydrogens is 205 g/mol. The first kappa shape index (κ1) is 12.7. The van der Waals surface area contributed by atoms with E-state index in [0.29, 0.717) is 18.0 Å². The Kier molecular flexibility index (Phi) is 4.52. The van der Waals surface area contributed by atoms with Gasteiger partial charge in [0.1, 0.15) is 0 Å². The van der Waals surface area contributed by atoms with Crippen LogP contribution in [0, 0.1) is 5.92 Å². The SMILES string of the molecule is CC(C)CNC(=O)c1ccccc1B(O)O. The van der Waals surface area contributed by atoms with Gasteiger partial charge in [0.2, 0.25) is 0 Å². The van der Waals surface area contributed by atoms with Gasteiger partial charge in [0, 0.05) is 12.1 Å². The average molecular weight is 221 g/mol. The van der Waals surface area contributed by atoms with Crippen molar-refractivity contribution in [3.8, 4) is 0 Å². The normalized spacial score (nSPS) is 10.3. The van der Waals surface area contributed by atoms with E-state index in [-0.39, 0.29) is 11.4 Å². The molecule has 16 heavy (non-hydrogen) atoms. The highest BCUT2D eigenvalue weighted by Gasteiger charge is 2.19. The summed E-state index contributed by atoms with van der Waals surface area (Å²) in [5, 5.41) is 20.9. The largest absolute Gasteiger partial charge is 0.489 e. The van der Waals surface area contributed by atoms with Crippen molar-refractivity contribution in [1.82, 2.24) is 5.32 Å². The smallest absolute Gasteiger partial charge is 0.423 e. The van der Waals surface area contributed by atoms with Crippen LogP contribution in [0.4, 0.5) is 0 Å². The third kappa shape index (κ3) is 3.36. The maximum atomic E-state index is 11.7. The number of carbonyl (C=O) groups excluding carboxylic acids is 1. The van der Waals surface area contributed by atoms with Crippen molar-refractivity contribution in [3.63, 3.8) is 0 Å². The van der Waals surface area contributed by atoms with Gasteiger partial charge in [0.15, 0.2) is 0 Å². The summed E-state index contributed by atoms with van der Waals surface area (Å²) < 4.78 is 0. The second-order valence-electron chi connectivity index (χ2n) is 4.06. The third-order valence-electron chi connectivity index (χ3n) is 2.15. The molecule has 1 aromatic carbocycles. The Morgan fingerprint density at radius 2 is 2.00 bits per heavy atom. The van der Waals surface area contributed by atoms with Crippen LogP contribution in [-0.4, -0.2) is 29.6 Å². The molecule has 3 N–H and O–H groups in total. The molecule has 4 nitrogen and oxygen atoms in total. The number of benzene rings is 1. The molecule has 0 bridgehead atoms. The Balaban J connectivity index is 2.82. The van der Waals surface area contributed by atoms with Crippen molar-refractivity contribution in [3.05, 3.63) is 29.8 Å². The summed E-state index contributed by atoms with van der Waals surface area (Å²) in [5.74, 6) is 0.0764. The minimum absolute atomic E-state index is 0.226. The molecule has 0 spiro atoms. The fraction of sp³-hybridized carbons (Fsp3) is 0.364. The lowest BCUT2D eigenvalue weighted by atomic mass is 9.77. The fourth-order valence-electron chi connectivity index (χ4n) is 1.32. The highest BCUT2D eigenvalue weighted by Crippen LogP contribution is 1.98. The predicted molar refractivity (Wildman–Crippen MR) is 63.4 cm³/mol. The van der Waals surface area contributed by atoms with Gasteiger partial charge in [0.05, 0.1) is 0 Å². The molecule has 5 heteroatoms. The van der Waals surface area contributed by atoms with E-state index in [0.717, 1.165) is 0 Å². The standard InChI is InChI=1S/C11H16BNO3/c1-8(2)7-13-11(14)9-5-3-4-6-10(9)12(15)16/h3-6,8,15-16H,7H2,1-2H3,(H,13,14). The summed E-state index contributed by atoms with van der Waals surface area (Å²) in [5.41, 5.74) is 0.530. The van der Waals surface area contributed by atoms with E-state index in [2.05, 4.69) is 5.32 Å². The highest BCUT2D eigenvalue weighted by molar-refractivity contribution is 6.60. The first-order valence-electron chi connectivity index (χ1n) is 5.25. The molecule has 0 radical (unpaired) electrons. The van der Waals surface area contributed by atoms with Gasteiger partial charge in [0.25, 0.3) is 5.91 Å². The quantitative estimate of drug-likeness (QED) is 0.614. The molecule has 0 aliphatic carbocycles. The lowest BCUT2D eigenvalue weighted by molar-refractivity contribution is 0.0949. The molecule has 1 rings (SSSR count). The monoisotopic (exact) mass is 221 g/mol. The third-order valence-corrected chi connectivity index (χ3v) is 2.15. The van der Waals surface area contributed by atoms with Gasteiger partial charge in [-0.15, -0.1) is 0 Å². The van der Waals surface area contributed by atoms with E-state index in [1.165, 1.54) is 6.07 Å². The van der Waals surface area contributed by atoms with Crippen LogP contribution in [0.2, 0.25) is 0 Å². The number of hydrogen-bond acceptors (Lipinski definition) is 3. The summed E-state index contributed by atoms with van der Waals surface area (Å²) in [6.45, 7) is 4.55. The molecule has 0 saturated carbocycles. The van der Waals surface area contributed by atoms with Crippen molar-refractivity contribution in [1.29, 1.82) is 0 Å². The molecule has 86 valence electrons. The van der Waals surface area contributed by atoms with E-state index < -0.39 is 7.12 Å². The molecule has 0 saturated heterocycles. The van der Waals surface area contributed by atoms with Crippen LogP contribution in [0.1, 0.15) is 24.2 Å². The van der Waals surface area contributed by atoms with E-state index in [1.807, 2.05) is 13.8 Å². The van der Waals surface area contributed by atoms with Crippen molar-refractivity contribution in [2.24, 2.45) is 5.92 Å². The van der Waals surface area contributed by atoms with Crippen molar-refractivity contribution in [2.75, 3.05) is 6.54 Å². The molecule has 0 aliphatic heterocycles. The number of hydrogen-bond donors (Lipinski definition) is 3. The zero-order valence-electron chi connectivity index (χ0n) is 9.47. The average Bonchev–Trinajstić information content (AvgIpc) is 2.25. The van der Waals surface area contributed by atoms with Crippen LogP contribution < -0.4 is 10.8 Å². The Hall–Kier alpha value is -1.33. The van der Waals surface area contributed by atoms with Gasteiger partial charge in [-0.25, -0.2) is 0 Å². The first-order chi connectivity index (χ1) is 7.52. The first-order valence-corrected chi connectivity index (χ1v) is 5.25. The molecule has 0 aromatic heterocycles. The van der Waals surface area contributed by atoms with Crippen LogP contribution in [-0.2, 0) is 0 Å². The van der Waals surface area contributed by atoms with Gasteiger partial charge in [-0.3, -0.25) is 4.79 Å². The van der Waals surface area contributed by atoms with Crippen LogP contribution in [0.5, 0.6) is 0 Å². The Labute approximate surface area is 95.4 Å². The van der Waals surface area contributed by atoms with Crippen LogP contribution >= 0.6 is 0 Å². The topological polar surface area (TPSA) is 69.6 Å². The zero-order valence-corrected chi connectivity index (χ0v) is 9.47. The minimum Gasteiger partial charge on any atom is -0.423 e. The summed E-state index contributed by atoms with van der Waals surface area (Å²) in [4.78, 5) is 11.7. The minimum atomic E-state index is -1.62. The van der Waals surface area contributed by atoms with Gasteiger partial charge in [-0.1, -0.05) is 32.0 Å². The van der Waals surface area contributed by atoms with Crippen molar-refractivity contribution >= 4 is 18.5 Å². The van der Waals surface area contributed by atoms with Gasteiger partial charge < -0.3 is 15.4 Å². The van der Waals surface area contributed by atoms with Crippen LogP contribution in [0.3, 0.4) is 0 Å². The summed E-state index contributed by atoms with van der Waals surface area (Å²) in [6.07, 6.45) is 0.